The molecule has 1 amide bonds. The summed E-state index contributed by atoms with van der Waals surface area (Å²) in [5.41, 5.74) is 0.803. The molecule has 0 radical (unpaired) electrons. The number of benzene rings is 1. The first-order valence-electron chi connectivity index (χ1n) is 5.82. The van der Waals surface area contributed by atoms with Crippen molar-refractivity contribution in [2.45, 2.75) is 37.7 Å². The van der Waals surface area contributed by atoms with Crippen LogP contribution in [-0.2, 0) is 14.8 Å². The summed E-state index contributed by atoms with van der Waals surface area (Å²) in [5.74, 6) is -0.282. The van der Waals surface area contributed by atoms with Crippen LogP contribution in [0.2, 0.25) is 0 Å². The maximum atomic E-state index is 11.6. The lowest BCUT2D eigenvalue weighted by atomic mass is 10.1. The van der Waals surface area contributed by atoms with Gasteiger partial charge in [-0.3, -0.25) is 4.79 Å². The van der Waals surface area contributed by atoms with Crippen LogP contribution in [0.4, 0.5) is 5.69 Å². The minimum absolute atomic E-state index is 0.0131. The summed E-state index contributed by atoms with van der Waals surface area (Å²) in [6, 6.07) is 4.50. The van der Waals surface area contributed by atoms with E-state index in [4.69, 9.17) is 10.2 Å². The topological polar surface area (TPSA) is 109 Å². The van der Waals surface area contributed by atoms with Gasteiger partial charge in [-0.1, -0.05) is 6.07 Å². The minimum Gasteiger partial charge on any atom is -0.393 e. The second-order valence-corrected chi connectivity index (χ2v) is 5.94. The zero-order chi connectivity index (χ0) is 14.6. The van der Waals surface area contributed by atoms with Gasteiger partial charge in [0.05, 0.1) is 11.0 Å². The highest BCUT2D eigenvalue weighted by Gasteiger charge is 2.15. The quantitative estimate of drug-likeness (QED) is 0.741. The molecule has 0 spiro atoms. The number of amides is 1. The van der Waals surface area contributed by atoms with Gasteiger partial charge in [-0.25, -0.2) is 13.6 Å². The minimum atomic E-state index is -3.81. The second kappa shape index (κ2) is 6.14. The molecule has 0 saturated carbocycles. The molecule has 1 rings (SSSR count). The predicted molar refractivity (Wildman–Crippen MR) is 72.1 cm³/mol. The number of nitrogens with one attached hydrogen (secondary N) is 1. The van der Waals surface area contributed by atoms with Crippen LogP contribution in [0.5, 0.6) is 0 Å². The van der Waals surface area contributed by atoms with E-state index in [2.05, 4.69) is 5.32 Å². The Morgan fingerprint density at radius 2 is 2.11 bits per heavy atom. The number of rotatable bonds is 5. The Bertz CT molecular complexity index is 567. The first kappa shape index (κ1) is 15.6. The fourth-order valence-corrected chi connectivity index (χ4v) is 2.42. The molecule has 0 fully saturated rings. The summed E-state index contributed by atoms with van der Waals surface area (Å²) >= 11 is 0. The lowest BCUT2D eigenvalue weighted by Gasteiger charge is -2.11. The molecular formula is C12H18N2O4S. The third kappa shape index (κ3) is 4.62. The van der Waals surface area contributed by atoms with E-state index in [0.29, 0.717) is 17.7 Å². The van der Waals surface area contributed by atoms with E-state index in [0.717, 1.165) is 0 Å². The van der Waals surface area contributed by atoms with E-state index in [1.54, 1.807) is 19.9 Å². The van der Waals surface area contributed by atoms with Gasteiger partial charge in [0, 0.05) is 12.1 Å². The number of aliphatic hydroxyl groups excluding tert-OH is 1. The van der Waals surface area contributed by atoms with Gasteiger partial charge in [0.2, 0.25) is 15.9 Å². The van der Waals surface area contributed by atoms with E-state index in [1.807, 2.05) is 0 Å². The Balaban J connectivity index is 2.89. The van der Waals surface area contributed by atoms with Crippen LogP contribution >= 0.6 is 0 Å². The smallest absolute Gasteiger partial charge is 0.238 e. The van der Waals surface area contributed by atoms with E-state index in [9.17, 15) is 13.2 Å². The van der Waals surface area contributed by atoms with Crippen molar-refractivity contribution in [3.8, 4) is 0 Å². The highest BCUT2D eigenvalue weighted by molar-refractivity contribution is 7.89. The third-order valence-corrected chi connectivity index (χ3v) is 3.71. The number of sulfonamides is 1. The van der Waals surface area contributed by atoms with Gasteiger partial charge in [0.1, 0.15) is 0 Å². The molecule has 0 aliphatic carbocycles. The first-order chi connectivity index (χ1) is 8.71. The van der Waals surface area contributed by atoms with E-state index < -0.39 is 16.1 Å². The second-order valence-electron chi connectivity index (χ2n) is 4.41. The summed E-state index contributed by atoms with van der Waals surface area (Å²) in [6.07, 6.45) is -0.0428. The van der Waals surface area contributed by atoms with Gasteiger partial charge >= 0.3 is 0 Å². The number of nitrogens with two attached hydrogens (primary N) is 1. The zero-order valence-electron chi connectivity index (χ0n) is 10.9. The van der Waals surface area contributed by atoms with Gasteiger partial charge in [0.15, 0.2) is 0 Å². The highest BCUT2D eigenvalue weighted by atomic mass is 32.2. The molecule has 0 bridgehead atoms. The van der Waals surface area contributed by atoms with Gasteiger partial charge in [-0.05, 0) is 38.0 Å². The molecule has 0 saturated heterocycles. The van der Waals surface area contributed by atoms with E-state index >= 15 is 0 Å². The number of primary sulfonamides is 1. The summed E-state index contributed by atoms with van der Waals surface area (Å²) < 4.78 is 22.7. The Morgan fingerprint density at radius 1 is 1.47 bits per heavy atom. The average Bonchev–Trinajstić information content (AvgIpc) is 2.27. The molecule has 0 aromatic heterocycles. The molecule has 106 valence electrons. The molecule has 0 aliphatic rings. The Morgan fingerprint density at radius 3 is 2.63 bits per heavy atom. The lowest BCUT2D eigenvalue weighted by molar-refractivity contribution is -0.116. The van der Waals surface area contributed by atoms with Crippen LogP contribution in [0.3, 0.4) is 0 Å². The maximum absolute atomic E-state index is 11.6. The number of hydrogen-bond acceptors (Lipinski definition) is 4. The van der Waals surface area contributed by atoms with Crippen molar-refractivity contribution in [3.05, 3.63) is 23.8 Å². The summed E-state index contributed by atoms with van der Waals surface area (Å²) in [7, 11) is -3.81. The average molecular weight is 286 g/mol. The van der Waals surface area contributed by atoms with Crippen molar-refractivity contribution in [3.63, 3.8) is 0 Å². The summed E-state index contributed by atoms with van der Waals surface area (Å²) in [5, 5.41) is 16.8. The van der Waals surface area contributed by atoms with Crippen molar-refractivity contribution in [2.24, 2.45) is 5.14 Å². The molecule has 1 atom stereocenters. The van der Waals surface area contributed by atoms with Gasteiger partial charge in [-0.15, -0.1) is 0 Å². The molecule has 1 aromatic carbocycles. The number of hydrogen-bond donors (Lipinski definition) is 3. The van der Waals surface area contributed by atoms with Crippen LogP contribution in [0.25, 0.3) is 0 Å². The Labute approximate surface area is 112 Å². The van der Waals surface area contributed by atoms with Crippen molar-refractivity contribution >= 4 is 21.6 Å². The maximum Gasteiger partial charge on any atom is 0.238 e. The fraction of sp³-hybridized carbons (Fsp3) is 0.417. The Hall–Kier alpha value is -1.44. The summed E-state index contributed by atoms with van der Waals surface area (Å²) in [6.45, 7) is 3.17. The highest BCUT2D eigenvalue weighted by Crippen LogP contribution is 2.22. The molecule has 4 N–H and O–H groups in total. The molecule has 6 nitrogen and oxygen atoms in total. The van der Waals surface area contributed by atoms with Crippen LogP contribution in [0.15, 0.2) is 23.1 Å². The molecular weight excluding hydrogens is 268 g/mol. The Kier molecular flexibility index (Phi) is 5.04. The fourth-order valence-electron chi connectivity index (χ4n) is 1.61. The van der Waals surface area contributed by atoms with Crippen LogP contribution in [0, 0.1) is 6.92 Å². The molecule has 0 heterocycles. The molecule has 1 unspecified atom stereocenters. The molecule has 0 aliphatic heterocycles. The molecule has 19 heavy (non-hydrogen) atoms. The van der Waals surface area contributed by atoms with Crippen molar-refractivity contribution in [1.29, 1.82) is 0 Å². The zero-order valence-corrected chi connectivity index (χ0v) is 11.7. The molecule has 7 heteroatoms. The predicted octanol–water partition coefficient (Wildman–Crippen LogP) is 0.742. The van der Waals surface area contributed by atoms with Crippen LogP contribution < -0.4 is 10.5 Å². The van der Waals surface area contributed by atoms with Gasteiger partial charge in [0.25, 0.3) is 0 Å². The SMILES string of the molecule is Cc1c(NC(=O)CCC(C)O)cccc1S(N)(=O)=O. The number of aliphatic hydroxyl groups is 1. The summed E-state index contributed by atoms with van der Waals surface area (Å²) in [4.78, 5) is 11.6. The third-order valence-electron chi connectivity index (χ3n) is 2.65. The lowest BCUT2D eigenvalue weighted by Crippen LogP contribution is -2.17. The van der Waals surface area contributed by atoms with E-state index in [1.165, 1.54) is 12.1 Å². The van der Waals surface area contributed by atoms with Crippen LogP contribution in [0.1, 0.15) is 25.3 Å². The van der Waals surface area contributed by atoms with Crippen molar-refractivity contribution < 1.29 is 18.3 Å². The first-order valence-corrected chi connectivity index (χ1v) is 7.36. The van der Waals surface area contributed by atoms with Gasteiger partial charge in [-0.2, -0.15) is 0 Å². The van der Waals surface area contributed by atoms with E-state index in [-0.39, 0.29) is 17.2 Å². The van der Waals surface area contributed by atoms with Crippen molar-refractivity contribution in [1.82, 2.24) is 0 Å². The molecule has 1 aromatic rings. The van der Waals surface area contributed by atoms with Crippen LogP contribution in [-0.4, -0.2) is 25.5 Å². The normalized spacial score (nSPS) is 13.1. The van der Waals surface area contributed by atoms with Crippen molar-refractivity contribution in [2.75, 3.05) is 5.32 Å². The number of carbonyl (C=O) groups is 1. The monoisotopic (exact) mass is 286 g/mol. The van der Waals surface area contributed by atoms with Gasteiger partial charge < -0.3 is 10.4 Å². The largest absolute Gasteiger partial charge is 0.393 e. The number of carbonyl (C=O) groups excluding carboxylic acids is 1. The standard InChI is InChI=1S/C12H18N2O4S/c1-8(15)6-7-12(16)14-10-4-3-5-11(9(10)2)19(13,17)18/h3-5,8,15H,6-7H2,1-2H3,(H,14,16)(H2,13,17,18). The number of anilines is 1.